The molecule has 0 aliphatic carbocycles. The van der Waals surface area contributed by atoms with Crippen LogP contribution < -0.4 is 0 Å². The molecule has 0 fully saturated rings. The Hall–Kier alpha value is 0. The first kappa shape index (κ1) is 28.2. The average Bonchev–Trinajstić information content (AvgIpc) is 2.44. The molecule has 0 bridgehead atoms. The van der Waals surface area contributed by atoms with E-state index in [9.17, 15) is 0 Å². The molecule has 0 atom stereocenters. The Morgan fingerprint density at radius 2 is 0.350 bits per heavy atom. The Kier molecular flexibility index (Phi) is 60.3. The van der Waals surface area contributed by atoms with Crippen molar-refractivity contribution in [3.8, 4) is 0 Å². The van der Waals surface area contributed by atoms with Crippen LogP contribution in [0.25, 0.3) is 0 Å². The maximum atomic E-state index is 2.21. The van der Waals surface area contributed by atoms with Crippen molar-refractivity contribution in [2.45, 2.75) is 132 Å². The van der Waals surface area contributed by atoms with Crippen molar-refractivity contribution < 1.29 is 0 Å². The molecular weight excluding hydrogens is 240 g/mol. The zero-order chi connectivity index (χ0) is 16.5. The summed E-state index contributed by atoms with van der Waals surface area (Å²) >= 11 is 0. The summed E-state index contributed by atoms with van der Waals surface area (Å²) in [5, 5.41) is 0. The van der Waals surface area contributed by atoms with E-state index in [1.165, 1.54) is 77.0 Å². The Labute approximate surface area is 133 Å². The minimum Gasteiger partial charge on any atom is -0.0654 e. The fourth-order valence-corrected chi connectivity index (χ4v) is 1.41. The molecule has 0 heterocycles. The molecular formula is C20H48. The molecule has 128 valence electrons. The van der Waals surface area contributed by atoms with Gasteiger partial charge in [0.15, 0.2) is 0 Å². The summed E-state index contributed by atoms with van der Waals surface area (Å²) in [6.45, 7) is 17.7. The zero-order valence-corrected chi connectivity index (χ0v) is 16.5. The summed E-state index contributed by atoms with van der Waals surface area (Å²) < 4.78 is 0. The molecule has 0 saturated heterocycles. The Bertz CT molecular complexity index is 54.0. The average molecular weight is 289 g/mol. The van der Waals surface area contributed by atoms with Crippen LogP contribution in [0.5, 0.6) is 0 Å². The molecule has 0 aromatic rings. The van der Waals surface area contributed by atoms with Crippen molar-refractivity contribution >= 4 is 0 Å². The van der Waals surface area contributed by atoms with Crippen LogP contribution in [0.2, 0.25) is 0 Å². The maximum Gasteiger partial charge on any atom is -0.0538 e. The van der Waals surface area contributed by atoms with Gasteiger partial charge in [0, 0.05) is 0 Å². The zero-order valence-electron chi connectivity index (χ0n) is 16.5. The van der Waals surface area contributed by atoms with Crippen LogP contribution in [0, 0.1) is 0 Å². The summed E-state index contributed by atoms with van der Waals surface area (Å²) in [5.74, 6) is 0. The molecule has 0 radical (unpaired) electrons. The van der Waals surface area contributed by atoms with Crippen LogP contribution in [0.15, 0.2) is 0 Å². The van der Waals surface area contributed by atoms with Gasteiger partial charge in [-0.15, -0.1) is 0 Å². The van der Waals surface area contributed by atoms with Crippen LogP contribution >= 0.6 is 0 Å². The lowest BCUT2D eigenvalue weighted by atomic mass is 10.3. The molecule has 0 aromatic carbocycles. The molecule has 20 heavy (non-hydrogen) atoms. The maximum absolute atomic E-state index is 2.21. The monoisotopic (exact) mass is 288 g/mol. The number of hydrogen-bond acceptors (Lipinski definition) is 0. The van der Waals surface area contributed by atoms with Gasteiger partial charge >= 0.3 is 0 Å². The van der Waals surface area contributed by atoms with Crippen LogP contribution in [-0.2, 0) is 0 Å². The highest BCUT2D eigenvalue weighted by molar-refractivity contribution is 4.25. The minimum atomic E-state index is 1.34. The predicted molar refractivity (Wildman–Crippen MR) is 101 cm³/mol. The van der Waals surface area contributed by atoms with E-state index < -0.39 is 0 Å². The van der Waals surface area contributed by atoms with Gasteiger partial charge < -0.3 is 0 Å². The Balaban J connectivity index is -0.0000000853. The topological polar surface area (TPSA) is 0 Å². The second kappa shape index (κ2) is 42.8. The summed E-state index contributed by atoms with van der Waals surface area (Å²) in [4.78, 5) is 0. The predicted octanol–water partition coefficient (Wildman–Crippen LogP) is 8.79. The van der Waals surface area contributed by atoms with E-state index >= 15 is 0 Å². The van der Waals surface area contributed by atoms with E-state index in [0.717, 1.165) is 0 Å². The van der Waals surface area contributed by atoms with Crippen LogP contribution in [0.3, 0.4) is 0 Å². The summed E-state index contributed by atoms with van der Waals surface area (Å²) in [6.07, 6.45) is 16.3. The molecule has 0 aromatic heterocycles. The minimum absolute atomic E-state index is 1.34. The summed E-state index contributed by atoms with van der Waals surface area (Å²) in [6, 6.07) is 0. The molecule has 0 amide bonds. The molecule has 0 spiro atoms. The van der Waals surface area contributed by atoms with Crippen molar-refractivity contribution in [2.75, 3.05) is 0 Å². The van der Waals surface area contributed by atoms with Gasteiger partial charge in [0.1, 0.15) is 0 Å². The van der Waals surface area contributed by atoms with E-state index in [2.05, 4.69) is 55.4 Å². The van der Waals surface area contributed by atoms with Crippen molar-refractivity contribution in [3.05, 3.63) is 0 Å². The van der Waals surface area contributed by atoms with Crippen LogP contribution in [0.1, 0.15) is 132 Å². The molecule has 0 aliphatic heterocycles. The normalized spacial score (nSPS) is 8.40. The van der Waals surface area contributed by atoms with E-state index in [1.54, 1.807) is 0 Å². The highest BCUT2D eigenvalue weighted by Crippen LogP contribution is 1.89. The number of unbranched alkanes of at least 4 members (excludes halogenated alkanes) is 8. The third-order valence-corrected chi connectivity index (χ3v) is 2.83. The van der Waals surface area contributed by atoms with E-state index in [0.29, 0.717) is 0 Å². The third-order valence-electron chi connectivity index (χ3n) is 2.83. The standard InChI is InChI=1S/4C5H12/c4*1-3-5-4-2/h4*3-5H2,1-2H3. The van der Waals surface area contributed by atoms with Gasteiger partial charge in [-0.25, -0.2) is 0 Å². The fourth-order valence-electron chi connectivity index (χ4n) is 1.41. The third kappa shape index (κ3) is 81.3. The fraction of sp³-hybridized carbons (Fsp3) is 1.00. The Morgan fingerprint density at radius 1 is 0.250 bits per heavy atom. The van der Waals surface area contributed by atoms with Gasteiger partial charge in [-0.1, -0.05) is 132 Å². The molecule has 0 saturated carbocycles. The molecule has 0 unspecified atom stereocenters. The highest BCUT2D eigenvalue weighted by Gasteiger charge is 1.69. The molecule has 0 rings (SSSR count). The summed E-state index contributed by atoms with van der Waals surface area (Å²) in [5.41, 5.74) is 0. The van der Waals surface area contributed by atoms with Crippen molar-refractivity contribution in [2.24, 2.45) is 0 Å². The first-order valence-electron chi connectivity index (χ1n) is 9.66. The number of rotatable bonds is 8. The van der Waals surface area contributed by atoms with E-state index in [-0.39, 0.29) is 0 Å². The first-order chi connectivity index (χ1) is 9.66. The van der Waals surface area contributed by atoms with Crippen molar-refractivity contribution in [1.82, 2.24) is 0 Å². The molecule has 0 aliphatic rings. The SMILES string of the molecule is CCCCC.CCCCC.CCCCC.CCCCC. The Morgan fingerprint density at radius 3 is 0.350 bits per heavy atom. The number of hydrogen-bond donors (Lipinski definition) is 0. The van der Waals surface area contributed by atoms with Gasteiger partial charge in [0.2, 0.25) is 0 Å². The quantitative estimate of drug-likeness (QED) is 0.418. The molecule has 0 nitrogen and oxygen atoms in total. The highest BCUT2D eigenvalue weighted by atomic mass is 13.8. The van der Waals surface area contributed by atoms with Gasteiger partial charge in [0.05, 0.1) is 0 Å². The van der Waals surface area contributed by atoms with Gasteiger partial charge in [0.25, 0.3) is 0 Å². The van der Waals surface area contributed by atoms with Gasteiger partial charge in [-0.05, 0) is 0 Å². The smallest absolute Gasteiger partial charge is 0.0538 e. The lowest BCUT2D eigenvalue weighted by Gasteiger charge is -1.79. The van der Waals surface area contributed by atoms with Gasteiger partial charge in [-0.2, -0.15) is 0 Å². The van der Waals surface area contributed by atoms with Gasteiger partial charge in [-0.3, -0.25) is 0 Å². The molecule has 0 heteroatoms. The lowest BCUT2D eigenvalue weighted by molar-refractivity contribution is 0.772. The van der Waals surface area contributed by atoms with E-state index in [1.807, 2.05) is 0 Å². The largest absolute Gasteiger partial charge is 0.0654 e. The summed E-state index contributed by atoms with van der Waals surface area (Å²) in [7, 11) is 0. The van der Waals surface area contributed by atoms with Crippen molar-refractivity contribution in [1.29, 1.82) is 0 Å². The second-order valence-corrected chi connectivity index (χ2v) is 5.41. The second-order valence-electron chi connectivity index (χ2n) is 5.41. The van der Waals surface area contributed by atoms with Crippen LogP contribution in [-0.4, -0.2) is 0 Å². The van der Waals surface area contributed by atoms with Crippen molar-refractivity contribution in [3.63, 3.8) is 0 Å². The van der Waals surface area contributed by atoms with E-state index in [4.69, 9.17) is 0 Å². The first-order valence-corrected chi connectivity index (χ1v) is 9.66. The lowest BCUT2D eigenvalue weighted by Crippen LogP contribution is -1.59. The molecule has 0 N–H and O–H groups in total. The van der Waals surface area contributed by atoms with Crippen LogP contribution in [0.4, 0.5) is 0 Å².